The molecule has 246 valence electrons. The molecule has 2 aliphatic heterocycles. The highest BCUT2D eigenvalue weighted by atomic mass is 35.5. The van der Waals surface area contributed by atoms with Crippen molar-refractivity contribution in [2.45, 2.75) is 52.7 Å². The molecule has 9 nitrogen and oxygen atoms in total. The van der Waals surface area contributed by atoms with Crippen LogP contribution in [0.2, 0.25) is 15.1 Å². The maximum atomic E-state index is 15.6. The summed E-state index contributed by atoms with van der Waals surface area (Å²) in [6, 6.07) is 2.55. The Labute approximate surface area is 285 Å². The summed E-state index contributed by atoms with van der Waals surface area (Å²) >= 11 is 19.3. The maximum absolute atomic E-state index is 15.6. The van der Waals surface area contributed by atoms with E-state index < -0.39 is 38.5 Å². The third-order valence-corrected chi connectivity index (χ3v) is 9.72. The number of pyridine rings is 2. The molecule has 1 aromatic carbocycles. The number of nitrogens with zero attached hydrogens (tertiary/aromatic N) is 5. The Kier molecular flexibility index (Phi) is 9.34. The molecule has 14 heteroatoms. The summed E-state index contributed by atoms with van der Waals surface area (Å²) < 4.78 is 31.5. The van der Waals surface area contributed by atoms with E-state index in [1.165, 1.54) is 16.7 Å². The van der Waals surface area contributed by atoms with Gasteiger partial charge in [-0.3, -0.25) is 14.2 Å². The lowest BCUT2D eigenvalue weighted by molar-refractivity contribution is -0.130. The SMILES string of the molecule is C=CC(=O)N1[C@H](C)CN(c2c(C#N)c(=O)n(C3=C(C)C=CN[C@@H]3C(C)C)c3nc(-c4c(F)c(N)c(F)c(Cl)c4Cl)c(Cl)cc23)C[C@@H]1C. The largest absolute Gasteiger partial charge is 0.394 e. The zero-order valence-corrected chi connectivity index (χ0v) is 28.5. The molecular weight excluding hydrogens is 671 g/mol. The fraction of sp³-hybridized carbons (Fsp3) is 0.333. The maximum Gasteiger partial charge on any atom is 0.276 e. The van der Waals surface area contributed by atoms with Crippen molar-refractivity contribution in [2.24, 2.45) is 5.92 Å². The topological polar surface area (TPSA) is 120 Å². The van der Waals surface area contributed by atoms with E-state index in [0.29, 0.717) is 11.1 Å². The van der Waals surface area contributed by atoms with Crippen LogP contribution in [0.15, 0.2) is 41.4 Å². The van der Waals surface area contributed by atoms with Gasteiger partial charge in [0.1, 0.15) is 23.0 Å². The number of amides is 1. The summed E-state index contributed by atoms with van der Waals surface area (Å²) in [5.41, 5.74) is 4.86. The lowest BCUT2D eigenvalue weighted by Crippen LogP contribution is -2.58. The molecule has 0 saturated carbocycles. The molecule has 0 radical (unpaired) electrons. The summed E-state index contributed by atoms with van der Waals surface area (Å²) in [7, 11) is 0. The number of dihydropyridines is 1. The van der Waals surface area contributed by atoms with E-state index in [0.717, 1.165) is 5.57 Å². The zero-order valence-electron chi connectivity index (χ0n) is 26.3. The molecule has 3 N–H and O–H groups in total. The van der Waals surface area contributed by atoms with Crippen molar-refractivity contribution >= 4 is 68.8 Å². The Morgan fingerprint density at radius 3 is 2.40 bits per heavy atom. The van der Waals surface area contributed by atoms with E-state index in [4.69, 9.17) is 45.5 Å². The quantitative estimate of drug-likeness (QED) is 0.131. The summed E-state index contributed by atoms with van der Waals surface area (Å²) in [5.74, 6) is -2.72. The number of halogens is 5. The number of nitrogens with two attached hydrogens (primary N) is 1. The number of nitriles is 1. The van der Waals surface area contributed by atoms with Crippen molar-refractivity contribution in [2.75, 3.05) is 23.7 Å². The molecule has 1 amide bonds. The average molecular weight is 703 g/mol. The Bertz CT molecular complexity index is 1980. The first-order valence-corrected chi connectivity index (χ1v) is 15.9. The van der Waals surface area contributed by atoms with Crippen LogP contribution >= 0.6 is 34.8 Å². The van der Waals surface area contributed by atoms with Crippen LogP contribution in [0.4, 0.5) is 20.2 Å². The number of rotatable bonds is 5. The van der Waals surface area contributed by atoms with E-state index >= 15 is 4.39 Å². The number of anilines is 2. The minimum absolute atomic E-state index is 0.0244. The molecule has 0 unspecified atom stereocenters. The number of nitrogen functional groups attached to an aromatic ring is 1. The van der Waals surface area contributed by atoms with Crippen LogP contribution in [-0.2, 0) is 4.79 Å². The highest BCUT2D eigenvalue weighted by Crippen LogP contribution is 2.44. The van der Waals surface area contributed by atoms with Gasteiger partial charge in [0.25, 0.3) is 5.56 Å². The van der Waals surface area contributed by atoms with Crippen LogP contribution < -0.4 is 21.5 Å². The number of allylic oxidation sites excluding steroid dienone is 2. The summed E-state index contributed by atoms with van der Waals surface area (Å²) in [5, 5.41) is 12.9. The molecule has 2 aromatic heterocycles. The van der Waals surface area contributed by atoms with Crippen LogP contribution in [0.5, 0.6) is 0 Å². The molecule has 3 atom stereocenters. The van der Waals surface area contributed by atoms with Crippen LogP contribution in [0.1, 0.15) is 40.2 Å². The highest BCUT2D eigenvalue weighted by molar-refractivity contribution is 6.44. The monoisotopic (exact) mass is 701 g/mol. The third-order valence-electron chi connectivity index (χ3n) is 8.60. The van der Waals surface area contributed by atoms with Gasteiger partial charge in [0.05, 0.1) is 43.8 Å². The van der Waals surface area contributed by atoms with Gasteiger partial charge in [-0.25, -0.2) is 13.8 Å². The van der Waals surface area contributed by atoms with Crippen molar-refractivity contribution in [3.05, 3.63) is 79.2 Å². The lowest BCUT2D eigenvalue weighted by Gasteiger charge is -2.45. The van der Waals surface area contributed by atoms with Gasteiger partial charge >= 0.3 is 0 Å². The number of benzene rings is 1. The Morgan fingerprint density at radius 2 is 1.83 bits per heavy atom. The molecule has 3 aromatic rings. The van der Waals surface area contributed by atoms with Gasteiger partial charge in [-0.2, -0.15) is 5.26 Å². The Morgan fingerprint density at radius 1 is 1.19 bits per heavy atom. The minimum atomic E-state index is -1.23. The second-order valence-corrected chi connectivity index (χ2v) is 13.2. The standard InChI is InChI=1S/C33H32Cl3F2N7O2/c1-7-21(46)44-16(5)12-43(13-17(44)6)31-18-10-20(34)29(22-23(35)24(36)26(38)27(40)25(22)37)42-32(18)45(33(47)19(31)11-39)30-15(4)8-9-41-28(30)14(2)3/h7-10,14,16-17,28,41H,1,12-13,40H2,2-6H3/t16-,17+,28-/m1/s1. The summed E-state index contributed by atoms with van der Waals surface area (Å²) in [6.07, 6.45) is 4.81. The molecule has 2 aliphatic rings. The van der Waals surface area contributed by atoms with Gasteiger partial charge in [0, 0.05) is 30.6 Å². The van der Waals surface area contributed by atoms with Gasteiger partial charge in [-0.15, -0.1) is 0 Å². The predicted octanol–water partition coefficient (Wildman–Crippen LogP) is 6.74. The molecule has 47 heavy (non-hydrogen) atoms. The molecule has 4 heterocycles. The summed E-state index contributed by atoms with van der Waals surface area (Å²) in [4.78, 5) is 35.5. The first-order valence-electron chi connectivity index (χ1n) is 14.8. The lowest BCUT2D eigenvalue weighted by atomic mass is 9.94. The van der Waals surface area contributed by atoms with Gasteiger partial charge in [-0.1, -0.05) is 55.2 Å². The van der Waals surface area contributed by atoms with Crippen LogP contribution in [-0.4, -0.2) is 51.6 Å². The van der Waals surface area contributed by atoms with Crippen molar-refractivity contribution in [1.82, 2.24) is 19.8 Å². The van der Waals surface area contributed by atoms with Gasteiger partial charge in [-0.05, 0) is 56.7 Å². The Hall–Kier alpha value is -4.11. The number of nitrogens with one attached hydrogen (secondary N) is 1. The van der Waals surface area contributed by atoms with Crippen molar-refractivity contribution in [3.63, 3.8) is 0 Å². The molecule has 0 aliphatic carbocycles. The fourth-order valence-electron chi connectivity index (χ4n) is 6.51. The fourth-order valence-corrected chi connectivity index (χ4v) is 7.21. The minimum Gasteiger partial charge on any atom is -0.394 e. The van der Waals surface area contributed by atoms with Gasteiger partial charge < -0.3 is 20.9 Å². The predicted molar refractivity (Wildman–Crippen MR) is 183 cm³/mol. The second kappa shape index (κ2) is 12.8. The normalized spacial score (nSPS) is 19.7. The number of hydrogen-bond donors (Lipinski definition) is 2. The molecular formula is C33H32Cl3F2N7O2. The smallest absolute Gasteiger partial charge is 0.276 e. The molecule has 1 fully saturated rings. The van der Waals surface area contributed by atoms with E-state index in [9.17, 15) is 19.2 Å². The highest BCUT2D eigenvalue weighted by Gasteiger charge is 2.36. The van der Waals surface area contributed by atoms with Crippen molar-refractivity contribution < 1.29 is 13.6 Å². The number of fused-ring (bicyclic) bond motifs is 1. The third kappa shape index (κ3) is 5.52. The molecule has 0 bridgehead atoms. The number of carbonyl (C=O) groups excluding carboxylic acids is 1. The van der Waals surface area contributed by atoms with Crippen LogP contribution in [0.25, 0.3) is 28.0 Å². The van der Waals surface area contributed by atoms with Crippen LogP contribution in [0.3, 0.4) is 0 Å². The number of hydrogen-bond acceptors (Lipinski definition) is 7. The van der Waals surface area contributed by atoms with Crippen molar-refractivity contribution in [1.29, 1.82) is 5.26 Å². The van der Waals surface area contributed by atoms with Crippen molar-refractivity contribution in [3.8, 4) is 17.3 Å². The van der Waals surface area contributed by atoms with E-state index in [1.807, 2.05) is 39.5 Å². The zero-order chi connectivity index (χ0) is 34.6. The number of aromatic nitrogens is 2. The van der Waals surface area contributed by atoms with Gasteiger partial charge in [0.2, 0.25) is 5.91 Å². The average Bonchev–Trinajstić information content (AvgIpc) is 3.02. The first kappa shape index (κ1) is 34.2. The van der Waals surface area contributed by atoms with E-state index in [-0.39, 0.29) is 70.7 Å². The first-order chi connectivity index (χ1) is 22.2. The molecule has 5 rings (SSSR count). The summed E-state index contributed by atoms with van der Waals surface area (Å²) in [6.45, 7) is 13.6. The number of carbonyl (C=O) groups is 1. The number of piperazine rings is 1. The molecule has 1 saturated heterocycles. The Balaban J connectivity index is 1.92. The van der Waals surface area contributed by atoms with Crippen LogP contribution in [0, 0.1) is 28.9 Å². The van der Waals surface area contributed by atoms with E-state index in [2.05, 4.69) is 18.0 Å². The van der Waals surface area contributed by atoms with E-state index in [1.54, 1.807) is 17.2 Å². The van der Waals surface area contributed by atoms with Gasteiger partial charge in [0.15, 0.2) is 11.6 Å². The molecule has 0 spiro atoms. The second-order valence-electron chi connectivity index (χ2n) is 12.1.